The third kappa shape index (κ3) is 5.06. The van der Waals surface area contributed by atoms with Crippen molar-refractivity contribution in [2.24, 2.45) is 0 Å². The lowest BCUT2D eigenvalue weighted by Crippen LogP contribution is -2.28. The van der Waals surface area contributed by atoms with Gasteiger partial charge in [0.05, 0.1) is 5.41 Å². The van der Waals surface area contributed by atoms with Gasteiger partial charge in [0.2, 0.25) is 0 Å². The second-order valence-electron chi connectivity index (χ2n) is 13.6. The Morgan fingerprint density at radius 3 is 1.43 bits per heavy atom. The van der Waals surface area contributed by atoms with Crippen LogP contribution in [0.15, 0.2) is 212 Å². The first-order valence-corrected chi connectivity index (χ1v) is 19.0. The van der Waals surface area contributed by atoms with E-state index < -0.39 is 5.41 Å². The molecule has 1 aliphatic carbocycles. The molecule has 0 N–H and O–H groups in total. The molecule has 53 heavy (non-hydrogen) atoms. The van der Waals surface area contributed by atoms with Gasteiger partial charge in [0.25, 0.3) is 0 Å². The summed E-state index contributed by atoms with van der Waals surface area (Å²) in [5.41, 5.74) is 14.5. The van der Waals surface area contributed by atoms with Crippen molar-refractivity contribution >= 4 is 38.5 Å². The van der Waals surface area contributed by atoms with Gasteiger partial charge in [-0.25, -0.2) is 0 Å². The summed E-state index contributed by atoms with van der Waals surface area (Å²) >= 11 is 1.93. The highest BCUT2D eigenvalue weighted by Gasteiger charge is 2.49. The molecule has 0 atom stereocenters. The number of fused-ring (bicyclic) bond motifs is 5. The maximum atomic E-state index is 2.37. The van der Waals surface area contributed by atoms with Crippen LogP contribution in [0.3, 0.4) is 0 Å². The molecule has 1 nitrogen and oxygen atoms in total. The zero-order chi connectivity index (χ0) is 35.2. The fraction of sp³-hybridized carbons (Fsp3) is 0.0196. The van der Waals surface area contributed by atoms with Gasteiger partial charge in [0.15, 0.2) is 0 Å². The molecule has 8 aromatic carbocycles. The van der Waals surface area contributed by atoms with Gasteiger partial charge in [0, 0.05) is 32.2 Å². The molecule has 0 fully saturated rings. The average molecular weight is 694 g/mol. The van der Waals surface area contributed by atoms with E-state index in [4.69, 9.17) is 0 Å². The molecule has 1 heterocycles. The summed E-state index contributed by atoms with van der Waals surface area (Å²) in [6.07, 6.45) is 0. The topological polar surface area (TPSA) is 3.24 Å². The summed E-state index contributed by atoms with van der Waals surface area (Å²) in [6, 6.07) is 77.3. The van der Waals surface area contributed by atoms with Crippen molar-refractivity contribution in [3.63, 3.8) is 0 Å². The van der Waals surface area contributed by atoms with Crippen molar-refractivity contribution in [1.29, 1.82) is 0 Å². The van der Waals surface area contributed by atoms with E-state index in [0.717, 1.165) is 17.1 Å². The van der Waals surface area contributed by atoms with Crippen molar-refractivity contribution < 1.29 is 0 Å². The van der Waals surface area contributed by atoms with E-state index in [1.807, 2.05) is 11.3 Å². The number of rotatable bonds is 7. The molecule has 1 aliphatic rings. The standard InChI is InChI=1S/C51H35NS/c1-5-16-39(17-6-1)51(40-18-7-2-8-19-40)46-26-15-25-44(48(46)50-49(51)45-24-13-14-27-47(45)53-50)38-30-28-36(29-31-38)37-32-34-43(35-33-37)52(41-20-9-3-10-21-41)42-22-11-4-12-23-42/h1-35H. The number of hydrogen-bond acceptors (Lipinski definition) is 2. The molecular formula is C51H35NS. The molecule has 0 bridgehead atoms. The summed E-state index contributed by atoms with van der Waals surface area (Å²) in [5.74, 6) is 0. The molecule has 10 rings (SSSR count). The van der Waals surface area contributed by atoms with Gasteiger partial charge < -0.3 is 4.90 Å². The predicted octanol–water partition coefficient (Wildman–Crippen LogP) is 14.1. The Kier molecular flexibility index (Phi) is 7.63. The number of benzene rings is 8. The molecule has 0 aliphatic heterocycles. The van der Waals surface area contributed by atoms with Crippen molar-refractivity contribution in [3.8, 4) is 32.7 Å². The highest BCUT2D eigenvalue weighted by atomic mass is 32.1. The highest BCUT2D eigenvalue weighted by Crippen LogP contribution is 2.62. The Balaban J connectivity index is 1.08. The largest absolute Gasteiger partial charge is 0.311 e. The fourth-order valence-electron chi connectivity index (χ4n) is 8.47. The molecule has 250 valence electrons. The number of thiophene rings is 1. The number of para-hydroxylation sites is 2. The van der Waals surface area contributed by atoms with Crippen LogP contribution in [0.1, 0.15) is 22.3 Å². The van der Waals surface area contributed by atoms with Gasteiger partial charge in [-0.3, -0.25) is 0 Å². The maximum Gasteiger partial charge on any atom is 0.0728 e. The van der Waals surface area contributed by atoms with E-state index in [0.29, 0.717) is 0 Å². The first-order chi connectivity index (χ1) is 26.3. The minimum atomic E-state index is -0.433. The minimum Gasteiger partial charge on any atom is -0.311 e. The second kappa shape index (κ2) is 12.9. The maximum absolute atomic E-state index is 2.37. The van der Waals surface area contributed by atoms with Crippen molar-refractivity contribution in [3.05, 3.63) is 235 Å². The molecule has 9 aromatic rings. The van der Waals surface area contributed by atoms with E-state index in [1.165, 1.54) is 65.0 Å². The lowest BCUT2D eigenvalue weighted by molar-refractivity contribution is 0.777. The monoisotopic (exact) mass is 693 g/mol. The van der Waals surface area contributed by atoms with Gasteiger partial charge in [0.1, 0.15) is 0 Å². The third-order valence-corrected chi connectivity index (χ3v) is 12.0. The van der Waals surface area contributed by atoms with Crippen LogP contribution in [0.2, 0.25) is 0 Å². The highest BCUT2D eigenvalue weighted by molar-refractivity contribution is 7.22. The van der Waals surface area contributed by atoms with Crippen LogP contribution < -0.4 is 4.90 Å². The van der Waals surface area contributed by atoms with Crippen LogP contribution in [0.5, 0.6) is 0 Å². The first-order valence-electron chi connectivity index (χ1n) is 18.2. The Morgan fingerprint density at radius 1 is 0.377 bits per heavy atom. The molecule has 1 aromatic heterocycles. The molecule has 0 radical (unpaired) electrons. The van der Waals surface area contributed by atoms with Crippen molar-refractivity contribution in [1.82, 2.24) is 0 Å². The van der Waals surface area contributed by atoms with E-state index >= 15 is 0 Å². The van der Waals surface area contributed by atoms with Crippen LogP contribution in [-0.4, -0.2) is 0 Å². The average Bonchev–Trinajstić information content (AvgIpc) is 3.76. The summed E-state index contributed by atoms with van der Waals surface area (Å²) < 4.78 is 1.33. The Labute approximate surface area is 314 Å². The Morgan fingerprint density at radius 2 is 0.849 bits per heavy atom. The summed E-state index contributed by atoms with van der Waals surface area (Å²) in [6.45, 7) is 0. The van der Waals surface area contributed by atoms with Crippen LogP contribution in [0.4, 0.5) is 17.1 Å². The first kappa shape index (κ1) is 31.3. The van der Waals surface area contributed by atoms with E-state index in [-0.39, 0.29) is 0 Å². The van der Waals surface area contributed by atoms with Crippen molar-refractivity contribution in [2.75, 3.05) is 4.90 Å². The smallest absolute Gasteiger partial charge is 0.0728 e. The van der Waals surface area contributed by atoms with E-state index in [2.05, 4.69) is 217 Å². The zero-order valence-corrected chi connectivity index (χ0v) is 29.9. The molecule has 0 spiro atoms. The Hall–Kier alpha value is -6.48. The fourth-order valence-corrected chi connectivity index (χ4v) is 9.80. The van der Waals surface area contributed by atoms with Crippen molar-refractivity contribution in [2.45, 2.75) is 5.41 Å². The van der Waals surface area contributed by atoms with Gasteiger partial charge in [-0.2, -0.15) is 0 Å². The second-order valence-corrected chi connectivity index (χ2v) is 14.7. The van der Waals surface area contributed by atoms with Gasteiger partial charge in [-0.05, 0) is 92.4 Å². The number of anilines is 3. The molecule has 0 amide bonds. The summed E-state index contributed by atoms with van der Waals surface area (Å²) in [4.78, 5) is 3.67. The molecule has 2 heteroatoms. The van der Waals surface area contributed by atoms with Gasteiger partial charge in [-0.1, -0.05) is 170 Å². The third-order valence-electron chi connectivity index (χ3n) is 10.8. The number of nitrogens with zero attached hydrogens (tertiary/aromatic N) is 1. The lowest BCUT2D eigenvalue weighted by atomic mass is 9.67. The van der Waals surface area contributed by atoms with Crippen LogP contribution in [0.25, 0.3) is 42.8 Å². The minimum absolute atomic E-state index is 0.433. The molecular weight excluding hydrogens is 659 g/mol. The van der Waals surface area contributed by atoms with E-state index in [1.54, 1.807) is 0 Å². The SMILES string of the molecule is c1ccc(N(c2ccccc2)c2ccc(-c3ccc(-c4cccc5c4-c4sc6ccccc6c4C5(c4ccccc4)c4ccccc4)cc3)cc2)cc1. The Bertz CT molecular complexity index is 2600. The summed E-state index contributed by atoms with van der Waals surface area (Å²) in [7, 11) is 0. The predicted molar refractivity (Wildman–Crippen MR) is 225 cm³/mol. The normalized spacial score (nSPS) is 12.7. The van der Waals surface area contributed by atoms with Crippen LogP contribution in [-0.2, 0) is 5.41 Å². The van der Waals surface area contributed by atoms with Crippen LogP contribution >= 0.6 is 11.3 Å². The van der Waals surface area contributed by atoms with E-state index in [9.17, 15) is 0 Å². The van der Waals surface area contributed by atoms with Crippen LogP contribution in [0, 0.1) is 0 Å². The van der Waals surface area contributed by atoms with Gasteiger partial charge in [-0.15, -0.1) is 11.3 Å². The number of hydrogen-bond donors (Lipinski definition) is 0. The quantitative estimate of drug-likeness (QED) is 0.161. The molecule has 0 saturated heterocycles. The van der Waals surface area contributed by atoms with Gasteiger partial charge >= 0.3 is 0 Å². The molecule has 0 unspecified atom stereocenters. The lowest BCUT2D eigenvalue weighted by Gasteiger charge is -2.34. The zero-order valence-electron chi connectivity index (χ0n) is 29.1. The summed E-state index contributed by atoms with van der Waals surface area (Å²) in [5, 5.41) is 1.33. The molecule has 0 saturated carbocycles.